The zero-order chi connectivity index (χ0) is 21.0. The zero-order valence-corrected chi connectivity index (χ0v) is 17.8. The van der Waals surface area contributed by atoms with Crippen molar-refractivity contribution in [2.75, 3.05) is 43.9 Å². The molecule has 4 aromatic rings. The molecule has 1 aliphatic heterocycles. The van der Waals surface area contributed by atoms with Crippen molar-refractivity contribution < 1.29 is 9.26 Å². The minimum atomic E-state index is 0.149. The van der Waals surface area contributed by atoms with Crippen LogP contribution in [0.15, 0.2) is 40.2 Å². The minimum Gasteiger partial charge on any atom is -0.379 e. The highest BCUT2D eigenvalue weighted by Crippen LogP contribution is 2.37. The van der Waals surface area contributed by atoms with Gasteiger partial charge in [0.2, 0.25) is 5.89 Å². The maximum absolute atomic E-state index is 5.55. The number of nitrogens with two attached hydrogens (primary N) is 1. The lowest BCUT2D eigenvalue weighted by Gasteiger charge is -2.25. The zero-order valence-electron chi connectivity index (χ0n) is 17.0. The third-order valence-electron chi connectivity index (χ3n) is 5.15. The Bertz CT molecular complexity index is 1160. The van der Waals surface area contributed by atoms with E-state index >= 15 is 0 Å². The number of nitrogens with one attached hydrogen (secondary N) is 1. The Hall–Kier alpha value is -3.08. The Morgan fingerprint density at radius 3 is 2.71 bits per heavy atom. The number of fused-ring (bicyclic) bond motifs is 1. The van der Waals surface area contributed by atoms with E-state index in [2.05, 4.69) is 37.9 Å². The van der Waals surface area contributed by atoms with Gasteiger partial charge in [-0.05, 0) is 10.7 Å². The molecule has 0 bridgehead atoms. The van der Waals surface area contributed by atoms with Crippen molar-refractivity contribution in [1.82, 2.24) is 25.0 Å². The van der Waals surface area contributed by atoms with E-state index in [0.717, 1.165) is 59.3 Å². The lowest BCUT2D eigenvalue weighted by Crippen LogP contribution is -2.36. The van der Waals surface area contributed by atoms with Gasteiger partial charge in [0.25, 0.3) is 5.95 Å². The second kappa shape index (κ2) is 8.96. The van der Waals surface area contributed by atoms with Gasteiger partial charge in [0.05, 0.1) is 25.1 Å². The van der Waals surface area contributed by atoms with Gasteiger partial charge in [-0.15, -0.1) is 11.3 Å². The highest BCUT2D eigenvalue weighted by Gasteiger charge is 2.18. The van der Waals surface area contributed by atoms with Crippen LogP contribution in [0.25, 0.3) is 21.3 Å². The first kappa shape index (κ1) is 19.9. The summed E-state index contributed by atoms with van der Waals surface area (Å²) < 4.78 is 10.6. The molecular weight excluding hydrogens is 414 g/mol. The number of thiophene rings is 1. The van der Waals surface area contributed by atoms with E-state index in [0.29, 0.717) is 25.4 Å². The SMILES string of the molecule is Nc1noc(CCNc2nc(CN3CCOCC3)nc3scc(-c4ccccc4)c23)n1. The third-order valence-corrected chi connectivity index (χ3v) is 6.02. The molecule has 160 valence electrons. The van der Waals surface area contributed by atoms with Crippen LogP contribution in [-0.4, -0.2) is 57.9 Å². The second-order valence-electron chi connectivity index (χ2n) is 7.30. The smallest absolute Gasteiger partial charge is 0.260 e. The monoisotopic (exact) mass is 437 g/mol. The van der Waals surface area contributed by atoms with Gasteiger partial charge in [0.1, 0.15) is 16.5 Å². The molecule has 5 rings (SSSR count). The fourth-order valence-electron chi connectivity index (χ4n) is 3.63. The number of benzene rings is 1. The Morgan fingerprint density at radius 2 is 1.94 bits per heavy atom. The molecule has 3 aromatic heterocycles. The molecule has 1 saturated heterocycles. The number of morpholine rings is 1. The van der Waals surface area contributed by atoms with Gasteiger partial charge in [-0.1, -0.05) is 30.3 Å². The summed E-state index contributed by atoms with van der Waals surface area (Å²) in [6.07, 6.45) is 0.555. The standard InChI is InChI=1S/C21H23N7O2S/c22-21-26-17(30-27-21)6-7-23-19-18-15(14-4-2-1-3-5-14)13-31-20(18)25-16(24-19)12-28-8-10-29-11-9-28/h1-5,13H,6-12H2,(H2,22,27)(H,23,24,25). The fourth-order valence-corrected chi connectivity index (χ4v) is 4.60. The number of anilines is 2. The first-order valence-corrected chi connectivity index (χ1v) is 11.1. The Kier molecular flexibility index (Phi) is 5.74. The molecule has 1 fully saturated rings. The van der Waals surface area contributed by atoms with Gasteiger partial charge in [-0.3, -0.25) is 4.90 Å². The lowest BCUT2D eigenvalue weighted by molar-refractivity contribution is 0.0331. The Balaban J connectivity index is 1.46. The molecule has 9 nitrogen and oxygen atoms in total. The van der Waals surface area contributed by atoms with Gasteiger partial charge in [0, 0.05) is 37.0 Å². The van der Waals surface area contributed by atoms with Crippen molar-refractivity contribution in [1.29, 1.82) is 0 Å². The van der Waals surface area contributed by atoms with Crippen LogP contribution < -0.4 is 11.1 Å². The van der Waals surface area contributed by atoms with Gasteiger partial charge in [-0.2, -0.15) is 4.98 Å². The number of nitrogens with zero attached hydrogens (tertiary/aromatic N) is 5. The average Bonchev–Trinajstić information content (AvgIpc) is 3.41. The maximum Gasteiger partial charge on any atom is 0.260 e. The van der Waals surface area contributed by atoms with Crippen molar-refractivity contribution in [3.63, 3.8) is 0 Å². The molecule has 0 saturated carbocycles. The van der Waals surface area contributed by atoms with E-state index in [4.69, 9.17) is 25.0 Å². The minimum absolute atomic E-state index is 0.149. The first-order chi connectivity index (χ1) is 15.3. The van der Waals surface area contributed by atoms with Crippen LogP contribution in [0.1, 0.15) is 11.7 Å². The summed E-state index contributed by atoms with van der Waals surface area (Å²) in [5.41, 5.74) is 7.82. The quantitative estimate of drug-likeness (QED) is 0.450. The number of aromatic nitrogens is 4. The Labute approximate surface area is 183 Å². The van der Waals surface area contributed by atoms with Crippen LogP contribution in [0.4, 0.5) is 11.8 Å². The summed E-state index contributed by atoms with van der Waals surface area (Å²) >= 11 is 1.64. The third kappa shape index (κ3) is 4.50. The van der Waals surface area contributed by atoms with Crippen LogP contribution in [0.5, 0.6) is 0 Å². The Morgan fingerprint density at radius 1 is 1.10 bits per heavy atom. The summed E-state index contributed by atoms with van der Waals surface area (Å²) in [5.74, 6) is 2.27. The van der Waals surface area contributed by atoms with Crippen LogP contribution in [0, 0.1) is 0 Å². The second-order valence-corrected chi connectivity index (χ2v) is 8.15. The van der Waals surface area contributed by atoms with Gasteiger partial charge >= 0.3 is 0 Å². The van der Waals surface area contributed by atoms with Crippen molar-refractivity contribution in [3.05, 3.63) is 47.4 Å². The summed E-state index contributed by atoms with van der Waals surface area (Å²) in [5, 5.41) is 10.3. The normalized spacial score (nSPS) is 14.8. The van der Waals surface area contributed by atoms with E-state index in [1.54, 1.807) is 11.3 Å². The molecule has 0 atom stereocenters. The van der Waals surface area contributed by atoms with Gasteiger partial charge in [-0.25, -0.2) is 9.97 Å². The molecule has 0 aliphatic carbocycles. The largest absolute Gasteiger partial charge is 0.379 e. The molecule has 0 unspecified atom stereocenters. The fraction of sp³-hybridized carbons (Fsp3) is 0.333. The summed E-state index contributed by atoms with van der Waals surface area (Å²) in [6.45, 7) is 4.57. The van der Waals surface area contributed by atoms with Crippen molar-refractivity contribution in [2.24, 2.45) is 0 Å². The highest BCUT2D eigenvalue weighted by molar-refractivity contribution is 7.17. The molecule has 3 N–H and O–H groups in total. The molecule has 1 aliphatic rings. The maximum atomic E-state index is 5.55. The topological polar surface area (TPSA) is 115 Å². The molecule has 0 radical (unpaired) electrons. The molecule has 0 amide bonds. The number of ether oxygens (including phenoxy) is 1. The van der Waals surface area contributed by atoms with Crippen LogP contribution >= 0.6 is 11.3 Å². The number of hydrogen-bond acceptors (Lipinski definition) is 10. The van der Waals surface area contributed by atoms with E-state index in [-0.39, 0.29) is 5.95 Å². The van der Waals surface area contributed by atoms with Crippen molar-refractivity contribution in [2.45, 2.75) is 13.0 Å². The van der Waals surface area contributed by atoms with Gasteiger partial charge in [0.15, 0.2) is 0 Å². The highest BCUT2D eigenvalue weighted by atomic mass is 32.1. The predicted octanol–water partition coefficient (Wildman–Crippen LogP) is 2.81. The van der Waals surface area contributed by atoms with Crippen molar-refractivity contribution >= 4 is 33.3 Å². The molecule has 4 heterocycles. The number of nitrogen functional groups attached to an aromatic ring is 1. The number of hydrogen-bond donors (Lipinski definition) is 2. The molecule has 1 aromatic carbocycles. The first-order valence-electron chi connectivity index (χ1n) is 10.2. The van der Waals surface area contributed by atoms with E-state index in [1.807, 2.05) is 18.2 Å². The lowest BCUT2D eigenvalue weighted by atomic mass is 10.1. The number of rotatable bonds is 7. The summed E-state index contributed by atoms with van der Waals surface area (Å²) in [6, 6.07) is 10.3. The molecule has 0 spiro atoms. The van der Waals surface area contributed by atoms with E-state index in [9.17, 15) is 0 Å². The molecule has 10 heteroatoms. The summed E-state index contributed by atoms with van der Waals surface area (Å²) in [7, 11) is 0. The van der Waals surface area contributed by atoms with Crippen molar-refractivity contribution in [3.8, 4) is 11.1 Å². The van der Waals surface area contributed by atoms with Gasteiger partial charge < -0.3 is 20.3 Å². The molecule has 31 heavy (non-hydrogen) atoms. The van der Waals surface area contributed by atoms with Crippen LogP contribution in [0.3, 0.4) is 0 Å². The molecular formula is C21H23N7O2S. The predicted molar refractivity (Wildman–Crippen MR) is 120 cm³/mol. The van der Waals surface area contributed by atoms with E-state index in [1.165, 1.54) is 0 Å². The van der Waals surface area contributed by atoms with E-state index < -0.39 is 0 Å². The average molecular weight is 438 g/mol. The van der Waals surface area contributed by atoms with Crippen LogP contribution in [-0.2, 0) is 17.7 Å². The van der Waals surface area contributed by atoms with Crippen LogP contribution in [0.2, 0.25) is 0 Å². The summed E-state index contributed by atoms with van der Waals surface area (Å²) in [4.78, 5) is 17.1.